The number of piperidine rings is 1. The molecule has 2 saturated heterocycles. The number of halogens is 1. The Balaban J connectivity index is 1.46. The Morgan fingerprint density at radius 2 is 1.84 bits per heavy atom. The van der Waals surface area contributed by atoms with E-state index in [9.17, 15) is 23.9 Å². The summed E-state index contributed by atoms with van der Waals surface area (Å²) in [7, 11) is 0. The second-order valence-corrected chi connectivity index (χ2v) is 9.94. The lowest BCUT2D eigenvalue weighted by Crippen LogP contribution is -2.47. The molecule has 1 unspecified atom stereocenters. The summed E-state index contributed by atoms with van der Waals surface area (Å²) < 4.78 is 19.5. The molecule has 2 aromatic carbocycles. The lowest BCUT2D eigenvalue weighted by Gasteiger charge is -2.41. The molecule has 2 aliphatic heterocycles. The summed E-state index contributed by atoms with van der Waals surface area (Å²) in [5, 5.41) is 12.2. The maximum Gasteiger partial charge on any atom is 0.418 e. The third-order valence-electron chi connectivity index (χ3n) is 7.66. The van der Waals surface area contributed by atoms with Crippen LogP contribution in [0.3, 0.4) is 0 Å². The van der Waals surface area contributed by atoms with Crippen LogP contribution in [-0.2, 0) is 19.9 Å². The van der Waals surface area contributed by atoms with Gasteiger partial charge in [-0.2, -0.15) is 0 Å². The highest BCUT2D eigenvalue weighted by molar-refractivity contribution is 6.28. The minimum atomic E-state index is -1.64. The standard InChI is InChI=1S/C28H30FN3O5/c1-18-2-7-22-23(19-3-5-21(29)6-4-19)17-28(24(22)16-18,37-26(35)25(33)34)20-8-11-31(12-9-20)14-15-32-13-10-30-27(32)36/h2-7,16-17,20H,8-15H2,1H3,(H,30,36)(H,33,34). The molecular weight excluding hydrogens is 477 g/mol. The van der Waals surface area contributed by atoms with Crippen molar-refractivity contribution in [1.29, 1.82) is 0 Å². The predicted octanol–water partition coefficient (Wildman–Crippen LogP) is 3.14. The zero-order valence-corrected chi connectivity index (χ0v) is 20.7. The molecule has 0 spiro atoms. The maximum atomic E-state index is 13.7. The molecule has 0 aromatic heterocycles. The van der Waals surface area contributed by atoms with Crippen LogP contribution in [0, 0.1) is 18.7 Å². The van der Waals surface area contributed by atoms with Crippen molar-refractivity contribution in [2.24, 2.45) is 5.92 Å². The van der Waals surface area contributed by atoms with Gasteiger partial charge in [-0.15, -0.1) is 0 Å². The normalized spacial score (nSPS) is 21.9. The number of hydrogen-bond donors (Lipinski definition) is 2. The van der Waals surface area contributed by atoms with E-state index in [0.717, 1.165) is 47.5 Å². The summed E-state index contributed by atoms with van der Waals surface area (Å²) in [6.07, 6.45) is 3.22. The minimum Gasteiger partial charge on any atom is -0.473 e. The molecule has 9 heteroatoms. The monoisotopic (exact) mass is 507 g/mol. The number of hydrogen-bond acceptors (Lipinski definition) is 5. The maximum absolute atomic E-state index is 13.7. The summed E-state index contributed by atoms with van der Waals surface area (Å²) in [6.45, 7) is 6.16. The smallest absolute Gasteiger partial charge is 0.418 e. The van der Waals surface area contributed by atoms with E-state index in [4.69, 9.17) is 4.74 Å². The van der Waals surface area contributed by atoms with Crippen molar-refractivity contribution in [3.63, 3.8) is 0 Å². The Labute approximate surface area is 214 Å². The van der Waals surface area contributed by atoms with Gasteiger partial charge >= 0.3 is 18.0 Å². The first-order valence-electron chi connectivity index (χ1n) is 12.6. The lowest BCUT2D eigenvalue weighted by molar-refractivity contribution is -0.176. The first-order valence-corrected chi connectivity index (χ1v) is 12.6. The Kier molecular flexibility index (Phi) is 6.72. The number of urea groups is 1. The zero-order chi connectivity index (χ0) is 26.2. The predicted molar refractivity (Wildman–Crippen MR) is 134 cm³/mol. The van der Waals surface area contributed by atoms with Crippen LogP contribution >= 0.6 is 0 Å². The average Bonchev–Trinajstić information content (AvgIpc) is 3.44. The number of aryl methyl sites for hydroxylation is 1. The van der Waals surface area contributed by atoms with Gasteiger partial charge in [-0.1, -0.05) is 35.9 Å². The molecule has 37 heavy (non-hydrogen) atoms. The summed E-state index contributed by atoms with van der Waals surface area (Å²) >= 11 is 0. The number of aliphatic carboxylic acids is 1. The largest absolute Gasteiger partial charge is 0.473 e. The molecule has 2 aromatic rings. The molecule has 1 atom stereocenters. The number of esters is 1. The first-order chi connectivity index (χ1) is 17.8. The van der Waals surface area contributed by atoms with Gasteiger partial charge in [-0.3, -0.25) is 0 Å². The summed E-state index contributed by atoms with van der Waals surface area (Å²) in [6, 6.07) is 11.9. The van der Waals surface area contributed by atoms with Crippen LogP contribution in [0.4, 0.5) is 9.18 Å². The highest BCUT2D eigenvalue weighted by Crippen LogP contribution is 2.51. The van der Waals surface area contributed by atoms with Crippen LogP contribution in [-0.4, -0.2) is 72.1 Å². The van der Waals surface area contributed by atoms with E-state index in [1.54, 1.807) is 17.0 Å². The molecule has 0 saturated carbocycles. The number of nitrogens with one attached hydrogen (secondary N) is 1. The van der Waals surface area contributed by atoms with Crippen molar-refractivity contribution < 1.29 is 28.6 Å². The van der Waals surface area contributed by atoms with Gasteiger partial charge in [0.15, 0.2) is 5.60 Å². The highest BCUT2D eigenvalue weighted by Gasteiger charge is 2.49. The molecule has 0 bridgehead atoms. The van der Waals surface area contributed by atoms with Crippen molar-refractivity contribution in [3.05, 3.63) is 76.6 Å². The molecule has 2 fully saturated rings. The van der Waals surface area contributed by atoms with Crippen molar-refractivity contribution >= 4 is 23.5 Å². The highest BCUT2D eigenvalue weighted by atomic mass is 19.1. The molecule has 2 N–H and O–H groups in total. The van der Waals surface area contributed by atoms with Gasteiger partial charge < -0.3 is 25.0 Å². The van der Waals surface area contributed by atoms with Crippen molar-refractivity contribution in [2.45, 2.75) is 25.4 Å². The summed E-state index contributed by atoms with van der Waals surface area (Å²) in [5.41, 5.74) is 2.87. The Morgan fingerprint density at radius 3 is 2.49 bits per heavy atom. The third kappa shape index (κ3) is 4.83. The molecule has 2 amide bonds. The molecule has 8 nitrogen and oxygen atoms in total. The SMILES string of the molecule is Cc1ccc2c(c1)C(OC(=O)C(=O)O)(C1CCN(CCN3CCNC3=O)CC1)C=C2c1ccc(F)cc1. The average molecular weight is 508 g/mol. The molecule has 1 aliphatic carbocycles. The second kappa shape index (κ2) is 9.97. The van der Waals surface area contributed by atoms with Gasteiger partial charge in [0, 0.05) is 37.7 Å². The molecule has 2 heterocycles. The first kappa shape index (κ1) is 25.0. The topological polar surface area (TPSA) is 99.2 Å². The minimum absolute atomic E-state index is 0.0363. The lowest BCUT2D eigenvalue weighted by atomic mass is 9.76. The number of likely N-dealkylation sites (tertiary alicyclic amines) is 1. The van der Waals surface area contributed by atoms with Crippen LogP contribution in [0.15, 0.2) is 48.5 Å². The third-order valence-corrected chi connectivity index (χ3v) is 7.66. The molecule has 3 aliphatic rings. The number of carboxylic acid groups (broad SMARTS) is 1. The van der Waals surface area contributed by atoms with Crippen molar-refractivity contribution in [2.75, 3.05) is 39.3 Å². The van der Waals surface area contributed by atoms with Gasteiger partial charge in [0.1, 0.15) is 5.82 Å². The van der Waals surface area contributed by atoms with Crippen LogP contribution < -0.4 is 5.32 Å². The Morgan fingerprint density at radius 1 is 1.11 bits per heavy atom. The number of carboxylic acids is 1. The van der Waals surface area contributed by atoms with E-state index in [1.165, 1.54) is 12.1 Å². The quantitative estimate of drug-likeness (QED) is 0.461. The van der Waals surface area contributed by atoms with Gasteiger partial charge in [-0.25, -0.2) is 18.8 Å². The van der Waals surface area contributed by atoms with Crippen LogP contribution in [0.25, 0.3) is 5.57 Å². The number of ether oxygens (including phenoxy) is 1. The summed E-state index contributed by atoms with van der Waals surface area (Å²) in [4.78, 5) is 40.0. The Bertz CT molecular complexity index is 1250. The second-order valence-electron chi connectivity index (χ2n) is 9.94. The van der Waals surface area contributed by atoms with Crippen molar-refractivity contribution in [3.8, 4) is 0 Å². The molecule has 194 valence electrons. The number of benzene rings is 2. The number of rotatable bonds is 6. The molecule has 0 radical (unpaired) electrons. The number of carbonyl (C=O) groups excluding carboxylic acids is 2. The van der Waals surface area contributed by atoms with E-state index in [1.807, 2.05) is 31.2 Å². The van der Waals surface area contributed by atoms with Gasteiger partial charge in [0.05, 0.1) is 0 Å². The van der Waals surface area contributed by atoms with Crippen LogP contribution in [0.5, 0.6) is 0 Å². The fourth-order valence-electron chi connectivity index (χ4n) is 5.73. The number of nitrogens with zero attached hydrogens (tertiary/aromatic N) is 2. The van der Waals surface area contributed by atoms with Gasteiger partial charge in [0.25, 0.3) is 0 Å². The summed E-state index contributed by atoms with van der Waals surface area (Å²) in [5.74, 6) is -3.44. The van der Waals surface area contributed by atoms with E-state index in [2.05, 4.69) is 10.2 Å². The van der Waals surface area contributed by atoms with Crippen LogP contribution in [0.2, 0.25) is 0 Å². The van der Waals surface area contributed by atoms with Crippen LogP contribution in [0.1, 0.15) is 35.1 Å². The molecule has 5 rings (SSSR count). The fraction of sp³-hybridized carbons (Fsp3) is 0.393. The van der Waals surface area contributed by atoms with Gasteiger partial charge in [-0.05, 0) is 67.8 Å². The number of fused-ring (bicyclic) bond motifs is 1. The van der Waals surface area contributed by atoms with Gasteiger partial charge in [0.2, 0.25) is 0 Å². The van der Waals surface area contributed by atoms with E-state index in [0.29, 0.717) is 32.5 Å². The number of carbonyl (C=O) groups is 3. The van der Waals surface area contributed by atoms with E-state index in [-0.39, 0.29) is 17.8 Å². The number of amides is 2. The van der Waals surface area contributed by atoms with Crippen molar-refractivity contribution in [1.82, 2.24) is 15.1 Å². The van der Waals surface area contributed by atoms with E-state index >= 15 is 0 Å². The molecular formula is C28H30FN3O5. The fourth-order valence-corrected chi connectivity index (χ4v) is 5.73. The zero-order valence-electron chi connectivity index (χ0n) is 20.7. The van der Waals surface area contributed by atoms with E-state index < -0.39 is 17.5 Å². The Hall–Kier alpha value is -3.72.